The van der Waals surface area contributed by atoms with Crippen molar-refractivity contribution >= 4 is 5.91 Å². The maximum Gasteiger partial charge on any atom is 0.419 e. The van der Waals surface area contributed by atoms with Crippen LogP contribution in [-0.4, -0.2) is 31.6 Å². The molecule has 4 nitrogen and oxygen atoms in total. The Kier molecular flexibility index (Phi) is 5.46. The highest BCUT2D eigenvalue weighted by Crippen LogP contribution is 2.58. The van der Waals surface area contributed by atoms with Gasteiger partial charge in [-0.3, -0.25) is 4.79 Å². The average molecular weight is 370 g/mol. The highest BCUT2D eigenvalue weighted by molar-refractivity contribution is 5.82. The number of nitrogens with one attached hydrogen (secondary N) is 2. The number of para-hydroxylation sites is 1. The summed E-state index contributed by atoms with van der Waals surface area (Å²) in [6.45, 7) is 3.93. The molecule has 1 aliphatic carbocycles. The van der Waals surface area contributed by atoms with Crippen LogP contribution in [0.15, 0.2) is 24.3 Å². The molecule has 1 aliphatic heterocycles. The molecule has 1 aromatic rings. The Labute approximate surface area is 151 Å². The Morgan fingerprint density at radius 1 is 1.35 bits per heavy atom. The number of hydrogen-bond donors (Lipinski definition) is 2. The number of piperidine rings is 1. The van der Waals surface area contributed by atoms with Gasteiger partial charge >= 0.3 is 6.18 Å². The van der Waals surface area contributed by atoms with E-state index in [9.17, 15) is 18.0 Å². The molecule has 2 unspecified atom stereocenters. The molecule has 26 heavy (non-hydrogen) atoms. The molecule has 7 heteroatoms. The van der Waals surface area contributed by atoms with E-state index < -0.39 is 17.8 Å². The third-order valence-corrected chi connectivity index (χ3v) is 5.55. The van der Waals surface area contributed by atoms with Crippen molar-refractivity contribution in [3.63, 3.8) is 0 Å². The molecular weight excluding hydrogens is 345 g/mol. The molecule has 144 valence electrons. The van der Waals surface area contributed by atoms with Gasteiger partial charge in [-0.05, 0) is 56.3 Å². The molecule has 0 bridgehead atoms. The first-order chi connectivity index (χ1) is 12.4. The molecule has 0 radical (unpaired) electrons. The van der Waals surface area contributed by atoms with E-state index in [0.717, 1.165) is 38.4 Å². The molecule has 1 amide bonds. The smallest absolute Gasteiger partial charge is 0.419 e. The van der Waals surface area contributed by atoms with Crippen LogP contribution >= 0.6 is 0 Å². The van der Waals surface area contributed by atoms with Crippen molar-refractivity contribution in [3.8, 4) is 5.75 Å². The fraction of sp³-hybridized carbons (Fsp3) is 0.632. The largest absolute Gasteiger partial charge is 0.488 e. The van der Waals surface area contributed by atoms with Gasteiger partial charge in [0.15, 0.2) is 0 Å². The summed E-state index contributed by atoms with van der Waals surface area (Å²) < 4.78 is 44.8. The normalized spacial score (nSPS) is 22.7. The van der Waals surface area contributed by atoms with Crippen LogP contribution in [0.3, 0.4) is 0 Å². The first-order valence-corrected chi connectivity index (χ1v) is 9.17. The number of rotatable bonds is 6. The van der Waals surface area contributed by atoms with Crippen LogP contribution in [0.25, 0.3) is 0 Å². The van der Waals surface area contributed by atoms with Gasteiger partial charge in [0, 0.05) is 5.92 Å². The maximum absolute atomic E-state index is 13.1. The Balaban J connectivity index is 1.55. The Bertz CT molecular complexity index is 642. The lowest BCUT2D eigenvalue weighted by atomic mass is 9.92. The molecule has 2 fully saturated rings. The summed E-state index contributed by atoms with van der Waals surface area (Å²) >= 11 is 0. The number of alkyl halides is 3. The van der Waals surface area contributed by atoms with E-state index in [1.165, 1.54) is 18.2 Å². The lowest BCUT2D eigenvalue weighted by Crippen LogP contribution is -2.38. The van der Waals surface area contributed by atoms with E-state index in [4.69, 9.17) is 4.74 Å². The van der Waals surface area contributed by atoms with Gasteiger partial charge in [-0.25, -0.2) is 0 Å². The van der Waals surface area contributed by atoms with Crippen LogP contribution in [0, 0.1) is 11.3 Å². The van der Waals surface area contributed by atoms with Crippen molar-refractivity contribution < 1.29 is 22.7 Å². The average Bonchev–Trinajstić information content (AvgIpc) is 3.31. The number of hydrogen-bond acceptors (Lipinski definition) is 3. The van der Waals surface area contributed by atoms with Crippen molar-refractivity contribution in [3.05, 3.63) is 29.8 Å². The summed E-state index contributed by atoms with van der Waals surface area (Å²) in [7, 11) is 0. The van der Waals surface area contributed by atoms with Gasteiger partial charge in [-0.2, -0.15) is 13.2 Å². The second kappa shape index (κ2) is 7.47. The number of benzene rings is 1. The summed E-state index contributed by atoms with van der Waals surface area (Å²) in [5.74, 6) is -0.162. The maximum atomic E-state index is 13.1. The fourth-order valence-electron chi connectivity index (χ4n) is 3.79. The second-order valence-electron chi connectivity index (χ2n) is 7.26. The second-order valence-corrected chi connectivity index (χ2v) is 7.26. The van der Waals surface area contributed by atoms with Crippen LogP contribution in [0.2, 0.25) is 0 Å². The summed E-state index contributed by atoms with van der Waals surface area (Å²) in [5.41, 5.74) is -0.651. The van der Waals surface area contributed by atoms with E-state index in [1.807, 2.05) is 6.92 Å². The van der Waals surface area contributed by atoms with Crippen molar-refractivity contribution in [2.75, 3.05) is 19.6 Å². The number of ether oxygens (including phenoxy) is 1. The van der Waals surface area contributed by atoms with Gasteiger partial charge in [0.05, 0.1) is 12.1 Å². The summed E-state index contributed by atoms with van der Waals surface area (Å²) in [6.07, 6.45) is -1.52. The topological polar surface area (TPSA) is 50.4 Å². The van der Waals surface area contributed by atoms with Crippen LogP contribution in [0.1, 0.15) is 38.2 Å². The summed E-state index contributed by atoms with van der Waals surface area (Å²) in [6, 6.07) is 5.18. The molecule has 3 rings (SSSR count). The molecule has 1 saturated carbocycles. The molecule has 2 atom stereocenters. The summed E-state index contributed by atoms with van der Waals surface area (Å²) in [5, 5.41) is 6.18. The van der Waals surface area contributed by atoms with Gasteiger partial charge in [-0.1, -0.05) is 19.1 Å². The van der Waals surface area contributed by atoms with Crippen LogP contribution in [-0.2, 0) is 11.0 Å². The number of amides is 1. The molecule has 1 aromatic carbocycles. The van der Waals surface area contributed by atoms with Crippen LogP contribution < -0.4 is 15.4 Å². The number of carbonyl (C=O) groups excluding carboxylic acids is 1. The molecule has 1 saturated heterocycles. The SMILES string of the molecule is CCC(CNC(=O)C1CC12CCNCC2)Oc1ccccc1C(F)(F)F. The zero-order chi connectivity index (χ0) is 18.8. The van der Waals surface area contributed by atoms with Gasteiger partial charge in [0.25, 0.3) is 0 Å². The quantitative estimate of drug-likeness (QED) is 0.807. The zero-order valence-electron chi connectivity index (χ0n) is 14.9. The van der Waals surface area contributed by atoms with E-state index >= 15 is 0 Å². The van der Waals surface area contributed by atoms with E-state index in [1.54, 1.807) is 0 Å². The minimum absolute atomic E-state index is 0.00180. The molecule has 2 aliphatic rings. The first-order valence-electron chi connectivity index (χ1n) is 9.17. The lowest BCUT2D eigenvalue weighted by Gasteiger charge is -2.24. The third-order valence-electron chi connectivity index (χ3n) is 5.55. The minimum atomic E-state index is -4.46. The predicted octanol–water partition coefficient (Wildman–Crippen LogP) is 3.37. The van der Waals surface area contributed by atoms with Crippen molar-refractivity contribution in [1.29, 1.82) is 0 Å². The number of carbonyl (C=O) groups is 1. The van der Waals surface area contributed by atoms with Gasteiger partial charge in [0.2, 0.25) is 5.91 Å². The highest BCUT2D eigenvalue weighted by atomic mass is 19.4. The molecule has 2 N–H and O–H groups in total. The zero-order valence-corrected chi connectivity index (χ0v) is 14.9. The van der Waals surface area contributed by atoms with Gasteiger partial charge in [0.1, 0.15) is 11.9 Å². The Morgan fingerprint density at radius 2 is 2.04 bits per heavy atom. The van der Waals surface area contributed by atoms with E-state index in [0.29, 0.717) is 6.42 Å². The third kappa shape index (κ3) is 4.14. The molecule has 0 aromatic heterocycles. The van der Waals surface area contributed by atoms with E-state index in [2.05, 4.69) is 10.6 Å². The van der Waals surface area contributed by atoms with Gasteiger partial charge < -0.3 is 15.4 Å². The highest BCUT2D eigenvalue weighted by Gasteiger charge is 2.57. The van der Waals surface area contributed by atoms with Crippen molar-refractivity contribution in [2.24, 2.45) is 11.3 Å². The first kappa shape index (κ1) is 19.0. The Morgan fingerprint density at radius 3 is 2.69 bits per heavy atom. The molecular formula is C19H25F3N2O2. The Hall–Kier alpha value is -1.76. The molecule has 1 spiro atoms. The van der Waals surface area contributed by atoms with Crippen LogP contribution in [0.4, 0.5) is 13.2 Å². The van der Waals surface area contributed by atoms with Crippen molar-refractivity contribution in [2.45, 2.75) is 44.9 Å². The lowest BCUT2D eigenvalue weighted by molar-refractivity contribution is -0.139. The number of halogens is 3. The fourth-order valence-corrected chi connectivity index (χ4v) is 3.79. The van der Waals surface area contributed by atoms with E-state index in [-0.39, 0.29) is 29.5 Å². The van der Waals surface area contributed by atoms with Gasteiger partial charge in [-0.15, -0.1) is 0 Å². The standard InChI is InChI=1S/C19H25F3N2O2/c1-2-13(26-16-6-4-3-5-14(16)19(20,21)22)12-24-17(25)15-11-18(15)7-9-23-10-8-18/h3-6,13,15,23H,2,7-12H2,1H3,(H,24,25). The molecule has 1 heterocycles. The van der Waals surface area contributed by atoms with Crippen molar-refractivity contribution in [1.82, 2.24) is 10.6 Å². The monoisotopic (exact) mass is 370 g/mol. The van der Waals surface area contributed by atoms with Crippen LogP contribution in [0.5, 0.6) is 5.75 Å². The summed E-state index contributed by atoms with van der Waals surface area (Å²) in [4.78, 5) is 12.4. The predicted molar refractivity (Wildman–Crippen MR) is 91.8 cm³/mol. The minimum Gasteiger partial charge on any atom is -0.488 e.